The van der Waals surface area contributed by atoms with Crippen LogP contribution in [0.25, 0.3) is 0 Å². The van der Waals surface area contributed by atoms with Crippen LogP contribution < -0.4 is 22.9 Å². The Bertz CT molecular complexity index is 731. The zero-order valence-electron chi connectivity index (χ0n) is 10.4. The third kappa shape index (κ3) is 1.88. The van der Waals surface area contributed by atoms with Gasteiger partial charge in [-0.05, 0) is 0 Å². The molecule has 8 N–H and O–H groups in total. The summed E-state index contributed by atoms with van der Waals surface area (Å²) in [4.78, 5) is 25.0. The van der Waals surface area contributed by atoms with Crippen LogP contribution in [0.15, 0.2) is 24.3 Å². The molecule has 0 amide bonds. The van der Waals surface area contributed by atoms with Gasteiger partial charge in [0.1, 0.15) is 0 Å². The van der Waals surface area contributed by atoms with Gasteiger partial charge in [-0.2, -0.15) is 0 Å². The van der Waals surface area contributed by atoms with E-state index in [0.717, 1.165) is 0 Å². The molecule has 0 unspecified atom stereocenters. The molecule has 3 rings (SSSR count). The minimum atomic E-state index is -0.369. The highest BCUT2D eigenvalue weighted by Gasteiger charge is 2.34. The van der Waals surface area contributed by atoms with E-state index < -0.39 is 0 Å². The Morgan fingerprint density at radius 2 is 0.909 bits per heavy atom. The monoisotopic (exact) mass is 300 g/mol. The normalized spacial score (nSPS) is 11.8. The molecule has 0 atom stereocenters. The van der Waals surface area contributed by atoms with E-state index in [1.54, 1.807) is 24.3 Å². The third-order valence-electron chi connectivity index (χ3n) is 3.53. The van der Waals surface area contributed by atoms with Gasteiger partial charge in [-0.15, -0.1) is 0 Å². The van der Waals surface area contributed by atoms with Gasteiger partial charge in [-0.3, -0.25) is 9.59 Å². The van der Waals surface area contributed by atoms with Gasteiger partial charge in [-0.1, -0.05) is 39.1 Å². The average Bonchev–Trinajstić information content (AvgIpc) is 2.46. The molecule has 0 aromatic heterocycles. The Morgan fingerprint density at radius 3 is 1.23 bits per heavy atom. The number of fused-ring (bicyclic) bond motifs is 2. The smallest absolute Gasteiger partial charge is 0.196 e. The number of benzene rings is 2. The van der Waals surface area contributed by atoms with Gasteiger partial charge in [0, 0.05) is 11.1 Å². The summed E-state index contributed by atoms with van der Waals surface area (Å²) in [5, 5.41) is 0. The molecular weight excluding hydrogens is 280 g/mol. The minimum absolute atomic E-state index is 0. The fourth-order valence-corrected chi connectivity index (χ4v) is 2.45. The maximum atomic E-state index is 12.5. The van der Waals surface area contributed by atoms with Crippen LogP contribution in [-0.2, 0) is 0 Å². The number of nitrogens with two attached hydrogens (primary N) is 4. The van der Waals surface area contributed by atoms with Gasteiger partial charge in [0.05, 0.1) is 33.9 Å². The predicted octanol–water partition coefficient (Wildman–Crippen LogP) is 2.06. The third-order valence-corrected chi connectivity index (χ3v) is 3.53. The van der Waals surface area contributed by atoms with Gasteiger partial charge < -0.3 is 22.9 Å². The molecule has 0 radical (unpaired) electrons. The number of anilines is 4. The Morgan fingerprint density at radius 1 is 0.591 bits per heavy atom. The van der Waals surface area contributed by atoms with Gasteiger partial charge in [0.15, 0.2) is 11.6 Å². The largest absolute Gasteiger partial charge is 0.396 e. The van der Waals surface area contributed by atoms with Crippen LogP contribution in [0.4, 0.5) is 22.7 Å². The van der Waals surface area contributed by atoms with E-state index in [1.165, 1.54) is 0 Å². The fourth-order valence-electron chi connectivity index (χ4n) is 2.45. The Kier molecular flexibility index (Phi) is 4.18. The molecule has 6 heteroatoms. The average molecular weight is 300 g/mol. The molecule has 0 saturated heterocycles. The van der Waals surface area contributed by atoms with Crippen LogP contribution in [0.3, 0.4) is 0 Å². The van der Waals surface area contributed by atoms with Crippen LogP contribution in [-0.4, -0.2) is 11.6 Å². The fraction of sp³-hybridized carbons (Fsp3) is 0.125. The van der Waals surface area contributed by atoms with Crippen molar-refractivity contribution < 1.29 is 9.59 Å². The van der Waals surface area contributed by atoms with Crippen LogP contribution in [0, 0.1) is 0 Å². The summed E-state index contributed by atoms with van der Waals surface area (Å²) in [6, 6.07) is 6.49. The van der Waals surface area contributed by atoms with Crippen molar-refractivity contribution in [3.8, 4) is 0 Å². The van der Waals surface area contributed by atoms with Crippen LogP contribution >= 0.6 is 0 Å². The molecule has 2 aromatic carbocycles. The van der Waals surface area contributed by atoms with Crippen molar-refractivity contribution in [1.29, 1.82) is 0 Å². The lowest BCUT2D eigenvalue weighted by molar-refractivity contribution is 0.0980. The maximum Gasteiger partial charge on any atom is 0.196 e. The Hall–Kier alpha value is -3.02. The lowest BCUT2D eigenvalue weighted by Gasteiger charge is -2.22. The minimum Gasteiger partial charge on any atom is -0.396 e. The SMILES string of the molecule is C.C.Nc1c(N)c(N)c2c(c1N)C(=O)c1ccccc1C2=O. The molecule has 6 nitrogen and oxygen atoms in total. The highest BCUT2D eigenvalue weighted by molar-refractivity contribution is 6.33. The van der Waals surface area contributed by atoms with Crippen molar-refractivity contribution in [2.45, 2.75) is 14.9 Å². The second-order valence-electron chi connectivity index (χ2n) is 4.61. The van der Waals surface area contributed by atoms with Gasteiger partial charge in [-0.25, -0.2) is 0 Å². The van der Waals surface area contributed by atoms with Gasteiger partial charge in [0.25, 0.3) is 0 Å². The zero-order valence-corrected chi connectivity index (χ0v) is 10.4. The van der Waals surface area contributed by atoms with E-state index >= 15 is 0 Å². The molecule has 116 valence electrons. The zero-order chi connectivity index (χ0) is 14.6. The lowest BCUT2D eigenvalue weighted by Crippen LogP contribution is -2.25. The molecular formula is C16H20N4O2. The van der Waals surface area contributed by atoms with Crippen LogP contribution in [0.5, 0.6) is 0 Å². The molecule has 22 heavy (non-hydrogen) atoms. The number of carbonyl (C=O) groups is 2. The van der Waals surface area contributed by atoms with Crippen molar-refractivity contribution in [2.24, 2.45) is 0 Å². The second-order valence-corrected chi connectivity index (χ2v) is 4.61. The van der Waals surface area contributed by atoms with E-state index in [9.17, 15) is 9.59 Å². The van der Waals surface area contributed by atoms with Gasteiger partial charge in [0.2, 0.25) is 0 Å². The lowest BCUT2D eigenvalue weighted by atomic mass is 9.81. The second kappa shape index (κ2) is 5.40. The van der Waals surface area contributed by atoms with Crippen molar-refractivity contribution >= 4 is 34.3 Å². The molecule has 0 bridgehead atoms. The first kappa shape index (κ1) is 17.0. The first-order valence-electron chi connectivity index (χ1n) is 5.89. The molecule has 0 aliphatic heterocycles. The van der Waals surface area contributed by atoms with Crippen LogP contribution in [0.2, 0.25) is 0 Å². The number of carbonyl (C=O) groups excluding carboxylic acids is 2. The standard InChI is InChI=1S/C14H12N4O2.2CH4/c15-9-7-8(10(16)12(18)11(9)17)14(20)6-4-2-1-3-5(6)13(7)19;;/h1-4H,15-18H2;2*1H4. The highest BCUT2D eigenvalue weighted by atomic mass is 16.1. The number of nitrogen functional groups attached to an aromatic ring is 4. The van der Waals surface area contributed by atoms with Crippen molar-refractivity contribution in [1.82, 2.24) is 0 Å². The number of hydrogen-bond acceptors (Lipinski definition) is 6. The molecule has 0 spiro atoms. The summed E-state index contributed by atoms with van der Waals surface area (Å²) in [5.41, 5.74) is 23.9. The Balaban J connectivity index is 0.00000121. The Labute approximate surface area is 129 Å². The van der Waals surface area contributed by atoms with Crippen LogP contribution in [0.1, 0.15) is 46.7 Å². The summed E-state index contributed by atoms with van der Waals surface area (Å²) in [6.07, 6.45) is 0. The van der Waals surface area contributed by atoms with E-state index in [0.29, 0.717) is 11.1 Å². The summed E-state index contributed by atoms with van der Waals surface area (Å²) in [6.45, 7) is 0. The highest BCUT2D eigenvalue weighted by Crippen LogP contribution is 2.41. The molecule has 1 aliphatic rings. The number of ketones is 2. The maximum absolute atomic E-state index is 12.5. The summed E-state index contributed by atoms with van der Waals surface area (Å²) in [7, 11) is 0. The van der Waals surface area contributed by atoms with E-state index in [4.69, 9.17) is 22.9 Å². The summed E-state index contributed by atoms with van der Waals surface area (Å²) in [5.74, 6) is -0.739. The molecule has 0 saturated carbocycles. The van der Waals surface area contributed by atoms with Crippen molar-refractivity contribution in [3.63, 3.8) is 0 Å². The first-order chi connectivity index (χ1) is 9.45. The number of hydrogen-bond donors (Lipinski definition) is 4. The van der Waals surface area contributed by atoms with E-state index in [2.05, 4.69) is 0 Å². The molecule has 0 heterocycles. The summed E-state index contributed by atoms with van der Waals surface area (Å²) < 4.78 is 0. The molecule has 2 aromatic rings. The molecule has 1 aliphatic carbocycles. The van der Waals surface area contributed by atoms with E-state index in [1.807, 2.05) is 0 Å². The first-order valence-corrected chi connectivity index (χ1v) is 5.89. The van der Waals surface area contributed by atoms with Crippen molar-refractivity contribution in [3.05, 3.63) is 46.5 Å². The number of rotatable bonds is 0. The molecule has 0 fully saturated rings. The van der Waals surface area contributed by atoms with Gasteiger partial charge >= 0.3 is 0 Å². The van der Waals surface area contributed by atoms with Crippen molar-refractivity contribution in [2.75, 3.05) is 22.9 Å². The van der Waals surface area contributed by atoms with E-state index in [-0.39, 0.29) is 60.3 Å². The topological polar surface area (TPSA) is 138 Å². The summed E-state index contributed by atoms with van der Waals surface area (Å²) >= 11 is 0. The predicted molar refractivity (Wildman–Crippen MR) is 90.9 cm³/mol. The quantitative estimate of drug-likeness (QED) is 0.469.